The van der Waals surface area contributed by atoms with Crippen molar-refractivity contribution in [3.05, 3.63) is 34.9 Å². The number of ether oxygens (including phenoxy) is 2. The Bertz CT molecular complexity index is 655. The molecule has 1 rings (SSSR count). The van der Waals surface area contributed by atoms with Crippen LogP contribution in [0.4, 0.5) is 0 Å². The second-order valence-corrected chi connectivity index (χ2v) is 8.96. The normalized spacial score (nSPS) is 15.2. The van der Waals surface area contributed by atoms with E-state index in [0.717, 1.165) is 0 Å². The smallest absolute Gasteiger partial charge is 0.309 e. The molecule has 0 aliphatic carbocycles. The zero-order chi connectivity index (χ0) is 20.9. The van der Waals surface area contributed by atoms with Crippen molar-refractivity contribution in [2.45, 2.75) is 86.4 Å². The van der Waals surface area contributed by atoms with E-state index in [0.29, 0.717) is 5.92 Å². The summed E-state index contributed by atoms with van der Waals surface area (Å²) in [5.41, 5.74) is 3.07. The zero-order valence-corrected chi connectivity index (χ0v) is 18.4. The summed E-state index contributed by atoms with van der Waals surface area (Å²) >= 11 is 0. The average Bonchev–Trinajstić information content (AvgIpc) is 2.47. The van der Waals surface area contributed by atoms with Crippen molar-refractivity contribution in [1.82, 2.24) is 0 Å². The molecule has 4 nitrogen and oxygen atoms in total. The van der Waals surface area contributed by atoms with Crippen LogP contribution in [-0.2, 0) is 19.1 Å². The van der Waals surface area contributed by atoms with Gasteiger partial charge in [0.05, 0.1) is 12.3 Å². The topological polar surface area (TPSA) is 52.6 Å². The Kier molecular flexibility index (Phi) is 8.06. The first-order chi connectivity index (χ1) is 12.3. The predicted octanol–water partition coefficient (Wildman–Crippen LogP) is 5.34. The van der Waals surface area contributed by atoms with Crippen LogP contribution in [0.3, 0.4) is 0 Å². The molecule has 1 aromatic carbocycles. The third-order valence-corrected chi connectivity index (χ3v) is 4.61. The molecule has 0 aromatic heterocycles. The van der Waals surface area contributed by atoms with E-state index >= 15 is 0 Å². The molecule has 3 atom stereocenters. The fraction of sp³-hybridized carbons (Fsp3) is 0.652. The van der Waals surface area contributed by atoms with Crippen LogP contribution in [0.25, 0.3) is 0 Å². The molecule has 0 spiro atoms. The van der Waals surface area contributed by atoms with E-state index in [1.807, 2.05) is 27.7 Å². The molecule has 0 bridgehead atoms. The van der Waals surface area contributed by atoms with Gasteiger partial charge in [-0.3, -0.25) is 9.59 Å². The minimum Gasteiger partial charge on any atom is -0.462 e. The Morgan fingerprint density at radius 2 is 1.63 bits per heavy atom. The Hall–Kier alpha value is -1.84. The first kappa shape index (κ1) is 23.2. The van der Waals surface area contributed by atoms with E-state index in [-0.39, 0.29) is 30.4 Å². The number of carbonyl (C=O) groups excluding carboxylic acids is 2. The van der Waals surface area contributed by atoms with E-state index in [1.54, 1.807) is 6.92 Å². The summed E-state index contributed by atoms with van der Waals surface area (Å²) < 4.78 is 11.1. The van der Waals surface area contributed by atoms with E-state index in [4.69, 9.17) is 9.47 Å². The van der Waals surface area contributed by atoms with Crippen molar-refractivity contribution >= 4 is 11.9 Å². The van der Waals surface area contributed by atoms with Crippen LogP contribution in [0.5, 0.6) is 0 Å². The lowest BCUT2D eigenvalue weighted by atomic mass is 9.82. The molecule has 0 aliphatic rings. The van der Waals surface area contributed by atoms with Crippen LogP contribution in [-0.4, -0.2) is 23.6 Å². The monoisotopic (exact) mass is 376 g/mol. The first-order valence-electron chi connectivity index (χ1n) is 9.81. The molecule has 0 N–H and O–H groups in total. The van der Waals surface area contributed by atoms with Crippen molar-refractivity contribution < 1.29 is 19.1 Å². The summed E-state index contributed by atoms with van der Waals surface area (Å²) in [4.78, 5) is 24.5. The maximum atomic E-state index is 12.5. The number of benzene rings is 1. The van der Waals surface area contributed by atoms with Gasteiger partial charge in [0.2, 0.25) is 0 Å². The van der Waals surface area contributed by atoms with Gasteiger partial charge >= 0.3 is 11.9 Å². The second-order valence-electron chi connectivity index (χ2n) is 8.96. The van der Waals surface area contributed by atoms with Gasteiger partial charge in [0.15, 0.2) is 0 Å². The molecule has 0 amide bonds. The fourth-order valence-electron chi connectivity index (χ4n) is 3.44. The maximum absolute atomic E-state index is 12.5. The Morgan fingerprint density at radius 1 is 1.04 bits per heavy atom. The fourth-order valence-corrected chi connectivity index (χ4v) is 3.44. The van der Waals surface area contributed by atoms with Crippen LogP contribution in [0.15, 0.2) is 18.2 Å². The molecule has 0 fully saturated rings. The minimum absolute atomic E-state index is 0.0265. The highest BCUT2D eigenvalue weighted by molar-refractivity contribution is 5.80. The minimum atomic E-state index is -0.556. The van der Waals surface area contributed by atoms with Gasteiger partial charge in [-0.05, 0) is 58.6 Å². The molecule has 0 saturated carbocycles. The summed E-state index contributed by atoms with van der Waals surface area (Å²) in [6.07, 6.45) is -0.251. The Balaban J connectivity index is 2.82. The Labute approximate surface area is 164 Å². The third-order valence-electron chi connectivity index (χ3n) is 4.61. The lowest BCUT2D eigenvalue weighted by Crippen LogP contribution is -2.31. The van der Waals surface area contributed by atoms with E-state index in [2.05, 4.69) is 45.9 Å². The number of aryl methyl sites for hydroxylation is 2. The van der Waals surface area contributed by atoms with Gasteiger partial charge in [-0.15, -0.1) is 0 Å². The van der Waals surface area contributed by atoms with Gasteiger partial charge in [-0.1, -0.05) is 44.5 Å². The van der Waals surface area contributed by atoms with E-state index in [9.17, 15) is 9.59 Å². The van der Waals surface area contributed by atoms with Crippen LogP contribution >= 0.6 is 0 Å². The van der Waals surface area contributed by atoms with Gasteiger partial charge < -0.3 is 9.47 Å². The molecule has 0 heterocycles. The molecule has 152 valence electrons. The molecule has 0 radical (unpaired) electrons. The lowest BCUT2D eigenvalue weighted by Gasteiger charge is -2.30. The zero-order valence-electron chi connectivity index (χ0n) is 18.4. The van der Waals surface area contributed by atoms with Gasteiger partial charge in [-0.25, -0.2) is 0 Å². The van der Waals surface area contributed by atoms with E-state index < -0.39 is 11.5 Å². The average molecular weight is 377 g/mol. The van der Waals surface area contributed by atoms with Crippen LogP contribution in [0, 0.1) is 25.7 Å². The van der Waals surface area contributed by atoms with E-state index in [1.165, 1.54) is 16.7 Å². The number of esters is 2. The molecular formula is C23H36O4. The number of rotatable bonds is 7. The number of hydrogen-bond acceptors (Lipinski definition) is 4. The van der Waals surface area contributed by atoms with Crippen molar-refractivity contribution in [1.29, 1.82) is 0 Å². The van der Waals surface area contributed by atoms with Crippen molar-refractivity contribution in [2.24, 2.45) is 11.8 Å². The highest BCUT2D eigenvalue weighted by Crippen LogP contribution is 2.33. The predicted molar refractivity (Wildman–Crippen MR) is 109 cm³/mol. The summed E-state index contributed by atoms with van der Waals surface area (Å²) in [7, 11) is 0. The molecular weight excluding hydrogens is 340 g/mol. The van der Waals surface area contributed by atoms with Crippen molar-refractivity contribution in [2.75, 3.05) is 0 Å². The third kappa shape index (κ3) is 7.36. The summed E-state index contributed by atoms with van der Waals surface area (Å²) in [5.74, 6) is -0.856. The summed E-state index contributed by atoms with van der Waals surface area (Å²) in [6, 6.07) is 6.38. The van der Waals surface area contributed by atoms with Crippen LogP contribution in [0.1, 0.15) is 77.5 Å². The number of carbonyl (C=O) groups is 2. The largest absolute Gasteiger partial charge is 0.462 e. The van der Waals surface area contributed by atoms with Crippen LogP contribution < -0.4 is 0 Å². The quantitative estimate of drug-likeness (QED) is 0.603. The Morgan fingerprint density at radius 3 is 2.11 bits per heavy atom. The summed E-state index contributed by atoms with van der Waals surface area (Å²) in [5, 5.41) is 0. The lowest BCUT2D eigenvalue weighted by molar-refractivity contribution is -0.163. The molecule has 4 heteroatoms. The number of hydrogen-bond donors (Lipinski definition) is 0. The first-order valence-corrected chi connectivity index (χ1v) is 9.81. The molecule has 0 aliphatic heterocycles. The molecule has 0 saturated heterocycles. The standard InChI is InChI=1S/C23H36O4/c1-14(2)21(19-11-10-15(3)12-16(19)4)18(6)26-22(25)17(5)13-20(24)27-23(7,8)9/h10-12,14,17-18,21H,13H2,1-9H3/t17-,18+,21+/m1/s1. The van der Waals surface area contributed by atoms with Gasteiger partial charge in [0.1, 0.15) is 11.7 Å². The van der Waals surface area contributed by atoms with Gasteiger partial charge in [0, 0.05) is 5.92 Å². The van der Waals surface area contributed by atoms with Crippen LogP contribution in [0.2, 0.25) is 0 Å². The maximum Gasteiger partial charge on any atom is 0.309 e. The molecule has 27 heavy (non-hydrogen) atoms. The van der Waals surface area contributed by atoms with Crippen molar-refractivity contribution in [3.63, 3.8) is 0 Å². The highest BCUT2D eigenvalue weighted by atomic mass is 16.6. The SMILES string of the molecule is Cc1ccc([C@@H](C(C)C)[C@H](C)OC(=O)[C@H](C)CC(=O)OC(C)(C)C)c(C)c1. The van der Waals surface area contributed by atoms with Gasteiger partial charge in [0.25, 0.3) is 0 Å². The second kappa shape index (κ2) is 9.38. The van der Waals surface area contributed by atoms with Crippen molar-refractivity contribution in [3.8, 4) is 0 Å². The summed E-state index contributed by atoms with van der Waals surface area (Å²) in [6.45, 7) is 17.5. The highest BCUT2D eigenvalue weighted by Gasteiger charge is 2.30. The molecule has 0 unspecified atom stereocenters. The van der Waals surface area contributed by atoms with Gasteiger partial charge in [-0.2, -0.15) is 0 Å². The molecule has 1 aromatic rings.